The fourth-order valence-corrected chi connectivity index (χ4v) is 2.01. The van der Waals surface area contributed by atoms with Crippen LogP contribution < -0.4 is 10.6 Å². The van der Waals surface area contributed by atoms with Crippen molar-refractivity contribution in [3.05, 3.63) is 65.5 Å². The Morgan fingerprint density at radius 3 is 2.43 bits per heavy atom. The third-order valence-electron chi connectivity index (χ3n) is 2.97. The second kappa shape index (κ2) is 6.95. The van der Waals surface area contributed by atoms with Crippen molar-refractivity contribution in [3.63, 3.8) is 0 Å². The molecule has 5 heteroatoms. The second-order valence-corrected chi connectivity index (χ2v) is 4.85. The van der Waals surface area contributed by atoms with Crippen LogP contribution in [0.3, 0.4) is 0 Å². The van der Waals surface area contributed by atoms with Gasteiger partial charge in [-0.15, -0.1) is 0 Å². The quantitative estimate of drug-likeness (QED) is 0.852. The van der Waals surface area contributed by atoms with Crippen molar-refractivity contribution >= 4 is 28.9 Å². The number of thiocarbonyl (C=S) groups is 1. The Labute approximate surface area is 128 Å². The van der Waals surface area contributed by atoms with Crippen molar-refractivity contribution in [2.45, 2.75) is 13.3 Å². The molecule has 2 aromatic rings. The first kappa shape index (κ1) is 15.1. The van der Waals surface area contributed by atoms with E-state index in [-0.39, 0.29) is 10.7 Å². The molecule has 2 N–H and O–H groups in total. The summed E-state index contributed by atoms with van der Waals surface area (Å²) in [5.41, 5.74) is 1.94. The Morgan fingerprint density at radius 2 is 1.81 bits per heavy atom. The van der Waals surface area contributed by atoms with E-state index < -0.39 is 11.7 Å². The number of carbonyl (C=O) groups is 1. The van der Waals surface area contributed by atoms with Gasteiger partial charge < -0.3 is 5.32 Å². The molecule has 3 nitrogen and oxygen atoms in total. The van der Waals surface area contributed by atoms with E-state index in [1.54, 1.807) is 6.07 Å². The van der Waals surface area contributed by atoms with Gasteiger partial charge in [-0.2, -0.15) is 0 Å². The lowest BCUT2D eigenvalue weighted by Gasteiger charge is -2.10. The Kier molecular flexibility index (Phi) is 5.00. The molecule has 2 aromatic carbocycles. The van der Waals surface area contributed by atoms with E-state index in [1.807, 2.05) is 24.3 Å². The summed E-state index contributed by atoms with van der Waals surface area (Å²) < 4.78 is 13.5. The molecule has 0 unspecified atom stereocenters. The van der Waals surface area contributed by atoms with Gasteiger partial charge in [0.15, 0.2) is 5.11 Å². The Bertz CT molecular complexity index is 656. The van der Waals surface area contributed by atoms with Crippen LogP contribution >= 0.6 is 12.2 Å². The van der Waals surface area contributed by atoms with E-state index >= 15 is 0 Å². The van der Waals surface area contributed by atoms with Crippen LogP contribution in [0, 0.1) is 5.82 Å². The van der Waals surface area contributed by atoms with E-state index in [4.69, 9.17) is 12.2 Å². The predicted molar refractivity (Wildman–Crippen MR) is 85.9 cm³/mol. The van der Waals surface area contributed by atoms with Crippen LogP contribution in [0.4, 0.5) is 10.1 Å². The smallest absolute Gasteiger partial charge is 0.260 e. The molecular formula is C16H15FN2OS. The molecule has 0 heterocycles. The van der Waals surface area contributed by atoms with Crippen molar-refractivity contribution in [2.75, 3.05) is 5.32 Å². The molecule has 2 rings (SSSR count). The van der Waals surface area contributed by atoms with Crippen molar-refractivity contribution in [3.8, 4) is 0 Å². The lowest BCUT2D eigenvalue weighted by molar-refractivity contribution is 0.0974. The monoisotopic (exact) mass is 302 g/mol. The minimum Gasteiger partial charge on any atom is -0.332 e. The average molecular weight is 302 g/mol. The Hall–Kier alpha value is -2.27. The molecule has 1 amide bonds. The standard InChI is InChI=1S/C16H15FN2OS/c1-2-11-7-9-12(10-8-11)18-16(21)19-15(20)13-5-3-4-6-14(13)17/h3-10H,2H2,1H3,(H2,18,19,20,21). The van der Waals surface area contributed by atoms with Crippen LogP contribution in [0.2, 0.25) is 0 Å². The number of nitrogens with one attached hydrogen (secondary N) is 2. The van der Waals surface area contributed by atoms with E-state index in [9.17, 15) is 9.18 Å². The summed E-state index contributed by atoms with van der Waals surface area (Å²) in [6, 6.07) is 13.5. The molecule has 0 fully saturated rings. The first-order valence-corrected chi connectivity index (χ1v) is 6.96. The zero-order valence-electron chi connectivity index (χ0n) is 11.5. The maximum absolute atomic E-state index is 13.5. The molecule has 108 valence electrons. The molecule has 0 radical (unpaired) electrons. The highest BCUT2D eigenvalue weighted by Crippen LogP contribution is 2.10. The average Bonchev–Trinajstić information content (AvgIpc) is 2.48. The lowest BCUT2D eigenvalue weighted by atomic mass is 10.1. The van der Waals surface area contributed by atoms with Crippen molar-refractivity contribution in [1.82, 2.24) is 5.32 Å². The number of anilines is 1. The van der Waals surface area contributed by atoms with Gasteiger partial charge in [0.2, 0.25) is 0 Å². The molecule has 0 aromatic heterocycles. The van der Waals surface area contributed by atoms with Gasteiger partial charge in [0, 0.05) is 5.69 Å². The molecule has 21 heavy (non-hydrogen) atoms. The van der Waals surface area contributed by atoms with Gasteiger partial charge in [-0.3, -0.25) is 10.1 Å². The van der Waals surface area contributed by atoms with Crippen molar-refractivity contribution < 1.29 is 9.18 Å². The van der Waals surface area contributed by atoms with Crippen LogP contribution in [0.15, 0.2) is 48.5 Å². The van der Waals surface area contributed by atoms with Gasteiger partial charge in [0.1, 0.15) is 5.82 Å². The first-order chi connectivity index (χ1) is 10.1. The number of amides is 1. The van der Waals surface area contributed by atoms with Crippen LogP contribution in [-0.2, 0) is 6.42 Å². The third kappa shape index (κ3) is 4.10. The number of aryl methyl sites for hydroxylation is 1. The van der Waals surface area contributed by atoms with Gasteiger partial charge in [-0.05, 0) is 48.5 Å². The summed E-state index contributed by atoms with van der Waals surface area (Å²) in [5, 5.41) is 5.48. The maximum Gasteiger partial charge on any atom is 0.260 e. The molecule has 0 atom stereocenters. The summed E-state index contributed by atoms with van der Waals surface area (Å²) in [4.78, 5) is 11.9. The number of hydrogen-bond donors (Lipinski definition) is 2. The maximum atomic E-state index is 13.5. The summed E-state index contributed by atoms with van der Waals surface area (Å²) in [5.74, 6) is -1.15. The molecule has 0 aliphatic heterocycles. The van der Waals surface area contributed by atoms with E-state index in [2.05, 4.69) is 17.6 Å². The highest BCUT2D eigenvalue weighted by molar-refractivity contribution is 7.80. The predicted octanol–water partition coefficient (Wildman–Crippen LogP) is 3.51. The Balaban J connectivity index is 1.98. The van der Waals surface area contributed by atoms with Crippen molar-refractivity contribution in [1.29, 1.82) is 0 Å². The highest BCUT2D eigenvalue weighted by atomic mass is 32.1. The van der Waals surface area contributed by atoms with Crippen LogP contribution in [-0.4, -0.2) is 11.0 Å². The van der Waals surface area contributed by atoms with Gasteiger partial charge in [0.25, 0.3) is 5.91 Å². The van der Waals surface area contributed by atoms with Crippen LogP contribution in [0.25, 0.3) is 0 Å². The minimum atomic E-state index is -0.579. The van der Waals surface area contributed by atoms with E-state index in [0.717, 1.165) is 12.1 Å². The molecule has 0 saturated carbocycles. The summed E-state index contributed by atoms with van der Waals surface area (Å²) in [6.07, 6.45) is 0.953. The molecule has 0 saturated heterocycles. The second-order valence-electron chi connectivity index (χ2n) is 4.44. The van der Waals surface area contributed by atoms with Crippen molar-refractivity contribution in [2.24, 2.45) is 0 Å². The molecule has 0 bridgehead atoms. The summed E-state index contributed by atoms with van der Waals surface area (Å²) >= 11 is 5.05. The minimum absolute atomic E-state index is 0.0389. The van der Waals surface area contributed by atoms with Gasteiger partial charge in [-0.1, -0.05) is 31.2 Å². The zero-order chi connectivity index (χ0) is 15.2. The highest BCUT2D eigenvalue weighted by Gasteiger charge is 2.12. The molecule has 0 aliphatic rings. The van der Waals surface area contributed by atoms with Gasteiger partial charge in [-0.25, -0.2) is 4.39 Å². The lowest BCUT2D eigenvalue weighted by Crippen LogP contribution is -2.34. The van der Waals surface area contributed by atoms with E-state index in [1.165, 1.54) is 23.8 Å². The number of benzene rings is 2. The molecular weight excluding hydrogens is 287 g/mol. The van der Waals surface area contributed by atoms with Crippen LogP contribution in [0.5, 0.6) is 0 Å². The third-order valence-corrected chi connectivity index (χ3v) is 3.17. The normalized spacial score (nSPS) is 10.0. The molecule has 0 aliphatic carbocycles. The number of hydrogen-bond acceptors (Lipinski definition) is 2. The first-order valence-electron chi connectivity index (χ1n) is 6.56. The SMILES string of the molecule is CCc1ccc(NC(=S)NC(=O)c2ccccc2F)cc1. The fraction of sp³-hybridized carbons (Fsp3) is 0.125. The number of carbonyl (C=O) groups excluding carboxylic acids is 1. The summed E-state index contributed by atoms with van der Waals surface area (Å²) in [7, 11) is 0. The zero-order valence-corrected chi connectivity index (χ0v) is 12.3. The number of rotatable bonds is 3. The number of halogens is 1. The molecule has 0 spiro atoms. The van der Waals surface area contributed by atoms with E-state index in [0.29, 0.717) is 0 Å². The van der Waals surface area contributed by atoms with Gasteiger partial charge in [0.05, 0.1) is 5.56 Å². The largest absolute Gasteiger partial charge is 0.332 e. The topological polar surface area (TPSA) is 41.1 Å². The fourth-order valence-electron chi connectivity index (χ4n) is 1.80. The summed E-state index contributed by atoms with van der Waals surface area (Å²) in [6.45, 7) is 2.07. The van der Waals surface area contributed by atoms with Crippen LogP contribution in [0.1, 0.15) is 22.8 Å². The Morgan fingerprint density at radius 1 is 1.14 bits per heavy atom. The van der Waals surface area contributed by atoms with Gasteiger partial charge >= 0.3 is 0 Å².